The van der Waals surface area contributed by atoms with E-state index in [-0.39, 0.29) is 23.3 Å². The Morgan fingerprint density at radius 2 is 1.98 bits per heavy atom. The van der Waals surface area contributed by atoms with Crippen molar-refractivity contribution < 1.29 is 14.3 Å². The van der Waals surface area contributed by atoms with E-state index in [0.29, 0.717) is 52.2 Å². The molecular weight excluding hydrogens is 612 g/mol. The second-order valence-corrected chi connectivity index (χ2v) is 12.1. The molecule has 9 nitrogen and oxygen atoms in total. The molecule has 0 fully saturated rings. The minimum Gasteiger partial charge on any atom is -0.494 e. The van der Waals surface area contributed by atoms with Gasteiger partial charge in [-0.25, -0.2) is 0 Å². The van der Waals surface area contributed by atoms with Gasteiger partial charge in [-0.1, -0.05) is 51.2 Å². The summed E-state index contributed by atoms with van der Waals surface area (Å²) in [4.78, 5) is 27.5. The number of amides is 1. The van der Waals surface area contributed by atoms with E-state index in [9.17, 15) is 14.9 Å². The third-order valence-corrected chi connectivity index (χ3v) is 9.05. The highest BCUT2D eigenvalue weighted by atomic mass is 79.9. The quantitative estimate of drug-likeness (QED) is 0.297. The van der Waals surface area contributed by atoms with E-state index >= 15 is 0 Å². The van der Waals surface area contributed by atoms with E-state index in [1.807, 2.05) is 31.2 Å². The molecule has 2 aliphatic rings. The molecule has 3 aromatic rings. The summed E-state index contributed by atoms with van der Waals surface area (Å²) in [5.41, 5.74) is 9.75. The smallest absolute Gasteiger partial charge is 0.234 e. The van der Waals surface area contributed by atoms with Crippen LogP contribution in [-0.2, 0) is 9.59 Å². The van der Waals surface area contributed by atoms with Gasteiger partial charge in [0.25, 0.3) is 0 Å². The first kappa shape index (κ1) is 27.9. The number of nitrogens with one attached hydrogen (secondary N) is 1. The van der Waals surface area contributed by atoms with Crippen molar-refractivity contribution in [1.29, 1.82) is 5.26 Å². The Morgan fingerprint density at radius 1 is 1.23 bits per heavy atom. The van der Waals surface area contributed by atoms with E-state index in [1.54, 1.807) is 29.2 Å². The van der Waals surface area contributed by atoms with Gasteiger partial charge in [-0.2, -0.15) is 5.26 Å². The number of carbonyl (C=O) groups is 2. The van der Waals surface area contributed by atoms with Crippen LogP contribution in [0.4, 0.5) is 10.8 Å². The molecule has 2 aromatic carbocycles. The molecule has 0 spiro atoms. The van der Waals surface area contributed by atoms with Gasteiger partial charge in [0, 0.05) is 27.9 Å². The molecule has 1 aromatic heterocycles. The first-order valence-electron chi connectivity index (χ1n) is 12.6. The highest BCUT2D eigenvalue weighted by Gasteiger charge is 2.41. The van der Waals surface area contributed by atoms with Crippen LogP contribution in [0, 0.1) is 11.3 Å². The number of Topliss-reactive ketones (excluding diaryl/α,β-unsaturated/α-hetero) is 1. The lowest BCUT2D eigenvalue weighted by molar-refractivity contribution is -0.116. The third kappa shape index (κ3) is 5.77. The van der Waals surface area contributed by atoms with Crippen LogP contribution in [0.3, 0.4) is 0 Å². The summed E-state index contributed by atoms with van der Waals surface area (Å²) in [7, 11) is 0. The maximum Gasteiger partial charge on any atom is 0.234 e. The number of rotatable bonds is 8. The number of halogens is 1. The molecule has 0 bridgehead atoms. The van der Waals surface area contributed by atoms with Gasteiger partial charge in [0.2, 0.25) is 11.0 Å². The number of thioether (sulfide) groups is 1. The summed E-state index contributed by atoms with van der Waals surface area (Å²) in [6, 6.07) is 17.0. The fraction of sp³-hybridized carbons (Fsp3) is 0.250. The first-order chi connectivity index (χ1) is 19.4. The van der Waals surface area contributed by atoms with Crippen LogP contribution < -0.4 is 20.7 Å². The van der Waals surface area contributed by atoms with Crippen LogP contribution in [0.5, 0.6) is 5.75 Å². The van der Waals surface area contributed by atoms with Crippen molar-refractivity contribution in [2.24, 2.45) is 5.73 Å². The Morgan fingerprint density at radius 3 is 2.67 bits per heavy atom. The minimum absolute atomic E-state index is 0.00416. The van der Waals surface area contributed by atoms with Gasteiger partial charge in [0.1, 0.15) is 11.6 Å². The van der Waals surface area contributed by atoms with Crippen molar-refractivity contribution in [2.75, 3.05) is 22.6 Å². The summed E-state index contributed by atoms with van der Waals surface area (Å²) in [5, 5.41) is 22.0. The molecule has 0 saturated carbocycles. The zero-order valence-corrected chi connectivity index (χ0v) is 24.7. The lowest BCUT2D eigenvalue weighted by Gasteiger charge is -2.38. The topological polar surface area (TPSA) is 134 Å². The molecule has 5 rings (SSSR count). The zero-order chi connectivity index (χ0) is 28.2. The van der Waals surface area contributed by atoms with E-state index in [2.05, 4.69) is 37.5 Å². The summed E-state index contributed by atoms with van der Waals surface area (Å²) in [6.07, 6.45) is 1.72. The van der Waals surface area contributed by atoms with Crippen LogP contribution >= 0.6 is 39.0 Å². The normalized spacial score (nSPS) is 17.0. The maximum absolute atomic E-state index is 13.3. The van der Waals surface area contributed by atoms with E-state index in [0.717, 1.165) is 21.5 Å². The number of carbonyl (C=O) groups excluding carboxylic acids is 2. The third-order valence-electron chi connectivity index (χ3n) is 6.48. The standard InChI is InChI=1S/C28H25BrN6O3S2/c1-2-38-19-12-10-18(11-13-19)32-23(37)15-39-28-34-33-27(40-28)35-21-4-3-5-22(36)25(21)24(20(14-30)26(35)31)16-6-8-17(29)9-7-16/h6-13,24H,2-5,15,31H2,1H3,(H,32,37). The van der Waals surface area contributed by atoms with Crippen LogP contribution in [0.1, 0.15) is 37.7 Å². The molecule has 12 heteroatoms. The van der Waals surface area contributed by atoms with Crippen molar-refractivity contribution in [2.45, 2.75) is 36.4 Å². The second kappa shape index (κ2) is 12.2. The molecule has 0 saturated heterocycles. The van der Waals surface area contributed by atoms with Crippen molar-refractivity contribution in [1.82, 2.24) is 10.2 Å². The predicted molar refractivity (Wildman–Crippen MR) is 159 cm³/mol. The number of aromatic nitrogens is 2. The fourth-order valence-electron chi connectivity index (χ4n) is 4.77. The molecule has 2 heterocycles. The van der Waals surface area contributed by atoms with Gasteiger partial charge in [0.05, 0.1) is 29.9 Å². The van der Waals surface area contributed by atoms with Crippen molar-refractivity contribution in [3.63, 3.8) is 0 Å². The van der Waals surface area contributed by atoms with Gasteiger partial charge < -0.3 is 15.8 Å². The number of anilines is 2. The average Bonchev–Trinajstić information content (AvgIpc) is 3.42. The highest BCUT2D eigenvalue weighted by molar-refractivity contribution is 9.10. The average molecular weight is 638 g/mol. The first-order valence-corrected chi connectivity index (χ1v) is 15.2. The zero-order valence-electron chi connectivity index (χ0n) is 21.5. The Labute approximate surface area is 248 Å². The minimum atomic E-state index is -0.537. The van der Waals surface area contributed by atoms with Crippen LogP contribution in [0.15, 0.2) is 80.0 Å². The Kier molecular flexibility index (Phi) is 8.54. The fourth-order valence-corrected chi connectivity index (χ4v) is 6.72. The molecule has 1 aliphatic heterocycles. The predicted octanol–water partition coefficient (Wildman–Crippen LogP) is 5.73. The number of nitriles is 1. The van der Waals surface area contributed by atoms with Crippen LogP contribution in [0.25, 0.3) is 0 Å². The number of ether oxygens (including phenoxy) is 1. The highest BCUT2D eigenvalue weighted by Crippen LogP contribution is 2.47. The summed E-state index contributed by atoms with van der Waals surface area (Å²) in [5.74, 6) is 0.395. The SMILES string of the molecule is CCOc1ccc(NC(=O)CSc2nnc(N3C(N)=C(C#N)C(c4ccc(Br)cc4)C4=C3CCCC4=O)s2)cc1. The van der Waals surface area contributed by atoms with Crippen LogP contribution in [0.2, 0.25) is 0 Å². The summed E-state index contributed by atoms with van der Waals surface area (Å²) >= 11 is 5.96. The molecule has 1 atom stereocenters. The number of ketones is 1. The Balaban J connectivity index is 1.36. The Bertz CT molecular complexity index is 1540. The monoisotopic (exact) mass is 636 g/mol. The second-order valence-electron chi connectivity index (χ2n) is 9.01. The molecular formula is C28H25BrN6O3S2. The maximum atomic E-state index is 13.3. The number of benzene rings is 2. The molecule has 1 amide bonds. The molecule has 3 N–H and O–H groups in total. The largest absolute Gasteiger partial charge is 0.494 e. The molecule has 0 radical (unpaired) electrons. The number of nitrogens with zero attached hydrogens (tertiary/aromatic N) is 4. The van der Waals surface area contributed by atoms with Crippen molar-refractivity contribution in [3.8, 4) is 11.8 Å². The van der Waals surface area contributed by atoms with E-state index in [4.69, 9.17) is 10.5 Å². The molecule has 1 aliphatic carbocycles. The van der Waals surface area contributed by atoms with Gasteiger partial charge in [-0.05, 0) is 61.7 Å². The van der Waals surface area contributed by atoms with E-state index < -0.39 is 5.92 Å². The van der Waals surface area contributed by atoms with Gasteiger partial charge in [-0.15, -0.1) is 10.2 Å². The molecule has 204 valence electrons. The van der Waals surface area contributed by atoms with Crippen molar-refractivity contribution in [3.05, 3.63) is 81.2 Å². The lowest BCUT2D eigenvalue weighted by Crippen LogP contribution is -2.38. The van der Waals surface area contributed by atoms with E-state index in [1.165, 1.54) is 23.1 Å². The number of nitrogens with two attached hydrogens (primary N) is 1. The number of hydrogen-bond acceptors (Lipinski definition) is 10. The van der Waals surface area contributed by atoms with Gasteiger partial charge in [0.15, 0.2) is 10.1 Å². The lowest BCUT2D eigenvalue weighted by atomic mass is 9.76. The summed E-state index contributed by atoms with van der Waals surface area (Å²) < 4.78 is 6.90. The van der Waals surface area contributed by atoms with Crippen LogP contribution in [-0.4, -0.2) is 34.2 Å². The molecule has 1 unspecified atom stereocenters. The Hall–Kier alpha value is -3.66. The number of hydrogen-bond donors (Lipinski definition) is 2. The van der Waals surface area contributed by atoms with Crippen molar-refractivity contribution >= 4 is 61.5 Å². The molecule has 40 heavy (non-hydrogen) atoms. The number of allylic oxidation sites excluding steroid dienone is 3. The van der Waals surface area contributed by atoms with Gasteiger partial charge in [-0.3, -0.25) is 14.5 Å². The van der Waals surface area contributed by atoms with Gasteiger partial charge >= 0.3 is 0 Å². The summed E-state index contributed by atoms with van der Waals surface area (Å²) in [6.45, 7) is 2.49.